The molecule has 0 aliphatic carbocycles. The molecule has 1 aromatic rings. The molecule has 0 fully saturated rings. The molecule has 0 saturated carbocycles. The number of hydrogen-bond acceptors (Lipinski definition) is 4. The van der Waals surface area contributed by atoms with Gasteiger partial charge in [0.05, 0.1) is 7.11 Å². The summed E-state index contributed by atoms with van der Waals surface area (Å²) in [6.45, 7) is 14.4. The summed E-state index contributed by atoms with van der Waals surface area (Å²) in [6.07, 6.45) is 9.50. The first-order valence-electron chi connectivity index (χ1n) is 13.2. The molecule has 34 heavy (non-hydrogen) atoms. The highest BCUT2D eigenvalue weighted by Gasteiger charge is 2.22. The standard InChI is InChI=1S/C30H51NO3/c1-22(2)27(13-11-25(16-24(5)20-31)19-29(21-32)23(3)4)17-26-12-14-30(34-7)28(18-26)10-8-9-15-33-6/h12,14,18,21-23,25,27,29H,5,8-11,13,15-17,19-20,31H2,1-4,6-7H3/t25-,27?,29?/m0/s1. The number of rotatable bonds is 19. The highest BCUT2D eigenvalue weighted by atomic mass is 16.5. The second-order valence-electron chi connectivity index (χ2n) is 10.7. The predicted molar refractivity (Wildman–Crippen MR) is 144 cm³/mol. The Labute approximate surface area is 209 Å². The summed E-state index contributed by atoms with van der Waals surface area (Å²) in [7, 11) is 3.51. The average molecular weight is 474 g/mol. The molecule has 1 aromatic carbocycles. The normalized spacial score (nSPS) is 14.3. The Hall–Kier alpha value is -1.65. The number of nitrogens with two attached hydrogens (primary N) is 1. The Morgan fingerprint density at radius 2 is 1.82 bits per heavy atom. The lowest BCUT2D eigenvalue weighted by atomic mass is 9.78. The molecular weight excluding hydrogens is 422 g/mol. The van der Waals surface area contributed by atoms with Gasteiger partial charge in [0.15, 0.2) is 0 Å². The second kappa shape index (κ2) is 16.9. The van der Waals surface area contributed by atoms with Crippen molar-refractivity contribution in [3.63, 3.8) is 0 Å². The molecule has 4 heteroatoms. The van der Waals surface area contributed by atoms with Gasteiger partial charge in [0.2, 0.25) is 0 Å². The van der Waals surface area contributed by atoms with E-state index in [0.717, 1.165) is 75.6 Å². The zero-order valence-corrected chi connectivity index (χ0v) is 22.8. The van der Waals surface area contributed by atoms with Crippen molar-refractivity contribution >= 4 is 6.29 Å². The van der Waals surface area contributed by atoms with E-state index in [9.17, 15) is 4.79 Å². The minimum atomic E-state index is 0.107. The SMILES string of the molecule is C=C(CN)C[C@H](CCC(Cc1ccc(OC)c(CCCCOC)c1)C(C)C)CC(C=O)C(C)C. The van der Waals surface area contributed by atoms with Gasteiger partial charge in [-0.2, -0.15) is 0 Å². The van der Waals surface area contributed by atoms with Crippen LogP contribution in [0.1, 0.15) is 77.3 Å². The average Bonchev–Trinajstić information content (AvgIpc) is 2.81. The van der Waals surface area contributed by atoms with E-state index in [4.69, 9.17) is 15.2 Å². The maximum atomic E-state index is 11.7. The van der Waals surface area contributed by atoms with E-state index in [1.54, 1.807) is 14.2 Å². The molecule has 0 amide bonds. The van der Waals surface area contributed by atoms with Crippen LogP contribution in [-0.4, -0.2) is 33.7 Å². The molecule has 0 saturated heterocycles. The van der Waals surface area contributed by atoms with Crippen LogP contribution >= 0.6 is 0 Å². The topological polar surface area (TPSA) is 61.6 Å². The van der Waals surface area contributed by atoms with Crippen LogP contribution in [0.4, 0.5) is 0 Å². The Balaban J connectivity index is 2.89. The van der Waals surface area contributed by atoms with Crippen molar-refractivity contribution in [2.45, 2.75) is 79.1 Å². The second-order valence-corrected chi connectivity index (χ2v) is 10.7. The fraction of sp³-hybridized carbons (Fsp3) is 0.700. The van der Waals surface area contributed by atoms with E-state index in [0.29, 0.717) is 30.2 Å². The maximum absolute atomic E-state index is 11.7. The summed E-state index contributed by atoms with van der Waals surface area (Å²) < 4.78 is 10.8. The van der Waals surface area contributed by atoms with Crippen molar-refractivity contribution in [2.75, 3.05) is 27.4 Å². The maximum Gasteiger partial charge on any atom is 0.123 e. The zero-order valence-electron chi connectivity index (χ0n) is 22.8. The minimum Gasteiger partial charge on any atom is -0.496 e. The van der Waals surface area contributed by atoms with Crippen molar-refractivity contribution in [3.05, 3.63) is 41.5 Å². The lowest BCUT2D eigenvalue weighted by molar-refractivity contribution is -0.112. The Morgan fingerprint density at radius 1 is 1.09 bits per heavy atom. The summed E-state index contributed by atoms with van der Waals surface area (Å²) in [4.78, 5) is 11.7. The Morgan fingerprint density at radius 3 is 2.38 bits per heavy atom. The van der Waals surface area contributed by atoms with Gasteiger partial charge in [-0.25, -0.2) is 0 Å². The molecule has 4 nitrogen and oxygen atoms in total. The number of carbonyl (C=O) groups is 1. The number of carbonyl (C=O) groups excluding carboxylic acids is 1. The molecule has 2 unspecified atom stereocenters. The van der Waals surface area contributed by atoms with Crippen LogP contribution in [0.3, 0.4) is 0 Å². The van der Waals surface area contributed by atoms with E-state index in [1.807, 2.05) is 0 Å². The number of methoxy groups -OCH3 is 2. The van der Waals surface area contributed by atoms with Gasteiger partial charge in [0.25, 0.3) is 0 Å². The molecule has 0 aliphatic rings. The predicted octanol–water partition coefficient (Wildman–Crippen LogP) is 6.64. The van der Waals surface area contributed by atoms with E-state index in [-0.39, 0.29) is 5.92 Å². The fourth-order valence-electron chi connectivity index (χ4n) is 4.80. The third-order valence-electron chi connectivity index (χ3n) is 7.28. The van der Waals surface area contributed by atoms with Crippen LogP contribution in [0.5, 0.6) is 5.75 Å². The van der Waals surface area contributed by atoms with E-state index < -0.39 is 0 Å². The van der Waals surface area contributed by atoms with E-state index >= 15 is 0 Å². The first kappa shape index (κ1) is 30.4. The first-order chi connectivity index (χ1) is 16.2. The van der Waals surface area contributed by atoms with Gasteiger partial charge in [-0.05, 0) is 92.2 Å². The van der Waals surface area contributed by atoms with Crippen molar-refractivity contribution in [2.24, 2.45) is 35.3 Å². The van der Waals surface area contributed by atoms with Crippen LogP contribution in [0, 0.1) is 29.6 Å². The first-order valence-corrected chi connectivity index (χ1v) is 13.2. The van der Waals surface area contributed by atoms with Gasteiger partial charge in [0, 0.05) is 26.2 Å². The molecule has 3 atom stereocenters. The smallest absolute Gasteiger partial charge is 0.123 e. The van der Waals surface area contributed by atoms with Crippen LogP contribution < -0.4 is 10.5 Å². The van der Waals surface area contributed by atoms with Gasteiger partial charge >= 0.3 is 0 Å². The number of aldehydes is 1. The number of unbranched alkanes of at least 4 members (excludes halogenated alkanes) is 1. The van der Waals surface area contributed by atoms with Crippen LogP contribution in [0.15, 0.2) is 30.4 Å². The quantitative estimate of drug-likeness (QED) is 0.139. The van der Waals surface area contributed by atoms with Crippen molar-refractivity contribution in [3.8, 4) is 5.75 Å². The van der Waals surface area contributed by atoms with E-state index in [2.05, 4.69) is 52.5 Å². The largest absolute Gasteiger partial charge is 0.496 e. The van der Waals surface area contributed by atoms with Crippen molar-refractivity contribution in [1.82, 2.24) is 0 Å². The van der Waals surface area contributed by atoms with Gasteiger partial charge in [-0.15, -0.1) is 0 Å². The number of benzene rings is 1. The Bertz CT molecular complexity index is 713. The molecule has 0 aromatic heterocycles. The third-order valence-corrected chi connectivity index (χ3v) is 7.28. The van der Waals surface area contributed by atoms with Gasteiger partial charge in [0.1, 0.15) is 12.0 Å². The highest BCUT2D eigenvalue weighted by Crippen LogP contribution is 2.32. The van der Waals surface area contributed by atoms with Crippen molar-refractivity contribution in [1.29, 1.82) is 0 Å². The third kappa shape index (κ3) is 11.2. The van der Waals surface area contributed by atoms with Crippen molar-refractivity contribution < 1.29 is 14.3 Å². The van der Waals surface area contributed by atoms with E-state index in [1.165, 1.54) is 11.1 Å². The monoisotopic (exact) mass is 473 g/mol. The summed E-state index contributed by atoms with van der Waals surface area (Å²) in [5, 5.41) is 0. The van der Waals surface area contributed by atoms with Gasteiger partial charge < -0.3 is 20.0 Å². The fourth-order valence-corrected chi connectivity index (χ4v) is 4.80. The lowest BCUT2D eigenvalue weighted by Crippen LogP contribution is -2.20. The summed E-state index contributed by atoms with van der Waals surface area (Å²) >= 11 is 0. The number of ether oxygens (including phenoxy) is 2. The molecule has 194 valence electrons. The number of aryl methyl sites for hydroxylation is 1. The summed E-state index contributed by atoms with van der Waals surface area (Å²) in [6, 6.07) is 6.70. The molecule has 0 radical (unpaired) electrons. The molecule has 0 bridgehead atoms. The zero-order chi connectivity index (χ0) is 25.5. The molecule has 0 spiro atoms. The highest BCUT2D eigenvalue weighted by molar-refractivity contribution is 5.53. The molecule has 2 N–H and O–H groups in total. The molecule has 0 heterocycles. The Kier molecular flexibility index (Phi) is 15.1. The van der Waals surface area contributed by atoms with Crippen LogP contribution in [0.2, 0.25) is 0 Å². The minimum absolute atomic E-state index is 0.107. The van der Waals surface area contributed by atoms with Crippen LogP contribution in [0.25, 0.3) is 0 Å². The van der Waals surface area contributed by atoms with Gasteiger partial charge in [-0.1, -0.05) is 52.0 Å². The summed E-state index contributed by atoms with van der Waals surface area (Å²) in [5.41, 5.74) is 9.62. The molecule has 1 rings (SSSR count). The molecule has 0 aliphatic heterocycles. The lowest BCUT2D eigenvalue weighted by Gasteiger charge is -2.27. The molecular formula is C30H51NO3. The summed E-state index contributed by atoms with van der Waals surface area (Å²) in [5.74, 6) is 3.11. The van der Waals surface area contributed by atoms with Gasteiger partial charge in [-0.3, -0.25) is 0 Å². The number of hydrogen-bond donors (Lipinski definition) is 1. The van der Waals surface area contributed by atoms with Crippen LogP contribution in [-0.2, 0) is 22.4 Å².